The van der Waals surface area contributed by atoms with Gasteiger partial charge < -0.3 is 9.55 Å². The van der Waals surface area contributed by atoms with Gasteiger partial charge in [-0.15, -0.1) is 0 Å². The maximum atomic E-state index is 11.9. The van der Waals surface area contributed by atoms with Gasteiger partial charge in [0.05, 0.1) is 11.9 Å². The molecule has 0 fully saturated rings. The summed E-state index contributed by atoms with van der Waals surface area (Å²) in [7, 11) is 1.85. The quantitative estimate of drug-likeness (QED) is 0.762. The standard InChI is InChI=1S/C14H13N5O/c1-19-11(10-5-3-2-4-6-10)9-17-14(19)18-13(20)12-15-7-8-16-12/h2-9H,1H3,(H,15,16)(H,17,18,20). The molecular formula is C14H13N5O. The Balaban J connectivity index is 1.86. The van der Waals surface area contributed by atoms with E-state index in [4.69, 9.17) is 0 Å². The molecule has 0 aliphatic rings. The highest BCUT2D eigenvalue weighted by Gasteiger charge is 2.13. The van der Waals surface area contributed by atoms with Crippen LogP contribution in [-0.2, 0) is 7.05 Å². The Kier molecular flexibility index (Phi) is 3.04. The smallest absolute Gasteiger partial charge is 0.293 e. The second-order valence-electron chi connectivity index (χ2n) is 4.28. The molecule has 6 heteroatoms. The van der Waals surface area contributed by atoms with E-state index in [2.05, 4.69) is 20.3 Å². The van der Waals surface area contributed by atoms with Gasteiger partial charge in [-0.1, -0.05) is 30.3 Å². The summed E-state index contributed by atoms with van der Waals surface area (Å²) in [6.45, 7) is 0. The predicted molar refractivity (Wildman–Crippen MR) is 75.2 cm³/mol. The highest BCUT2D eigenvalue weighted by atomic mass is 16.2. The van der Waals surface area contributed by atoms with Gasteiger partial charge in [0.1, 0.15) is 0 Å². The molecule has 0 atom stereocenters. The molecule has 0 aliphatic carbocycles. The summed E-state index contributed by atoms with van der Waals surface area (Å²) in [5, 5.41) is 2.72. The molecule has 0 spiro atoms. The van der Waals surface area contributed by atoms with Crippen molar-refractivity contribution < 1.29 is 4.79 Å². The molecule has 2 N–H and O–H groups in total. The first-order chi connectivity index (χ1) is 9.75. The van der Waals surface area contributed by atoms with E-state index in [0.29, 0.717) is 5.95 Å². The Morgan fingerprint density at radius 3 is 2.75 bits per heavy atom. The normalized spacial score (nSPS) is 10.4. The lowest BCUT2D eigenvalue weighted by Gasteiger charge is -2.06. The van der Waals surface area contributed by atoms with Crippen molar-refractivity contribution in [2.45, 2.75) is 0 Å². The molecule has 100 valence electrons. The Morgan fingerprint density at radius 2 is 2.05 bits per heavy atom. The molecular weight excluding hydrogens is 254 g/mol. The van der Waals surface area contributed by atoms with Crippen molar-refractivity contribution in [3.05, 3.63) is 54.7 Å². The van der Waals surface area contributed by atoms with Gasteiger partial charge in [-0.3, -0.25) is 10.1 Å². The zero-order chi connectivity index (χ0) is 13.9. The molecule has 2 aromatic heterocycles. The van der Waals surface area contributed by atoms with Crippen molar-refractivity contribution in [1.29, 1.82) is 0 Å². The van der Waals surface area contributed by atoms with Crippen molar-refractivity contribution in [3.63, 3.8) is 0 Å². The number of hydrogen-bond acceptors (Lipinski definition) is 3. The molecule has 0 aliphatic heterocycles. The molecule has 2 heterocycles. The van der Waals surface area contributed by atoms with Crippen LogP contribution in [0.15, 0.2) is 48.9 Å². The van der Waals surface area contributed by atoms with Crippen LogP contribution < -0.4 is 5.32 Å². The molecule has 0 radical (unpaired) electrons. The van der Waals surface area contributed by atoms with Crippen LogP contribution >= 0.6 is 0 Å². The SMILES string of the molecule is Cn1c(-c2ccccc2)cnc1NC(=O)c1ncc[nH]1. The van der Waals surface area contributed by atoms with Gasteiger partial charge in [0.2, 0.25) is 5.95 Å². The number of amides is 1. The summed E-state index contributed by atoms with van der Waals surface area (Å²) in [4.78, 5) is 22.8. The van der Waals surface area contributed by atoms with Crippen LogP contribution in [0.3, 0.4) is 0 Å². The predicted octanol–water partition coefficient (Wildman–Crippen LogP) is 2.06. The Morgan fingerprint density at radius 1 is 1.25 bits per heavy atom. The zero-order valence-corrected chi connectivity index (χ0v) is 10.9. The minimum absolute atomic E-state index is 0.259. The summed E-state index contributed by atoms with van der Waals surface area (Å²) in [5.74, 6) is 0.419. The number of rotatable bonds is 3. The number of H-pyrrole nitrogens is 1. The number of nitrogens with one attached hydrogen (secondary N) is 2. The zero-order valence-electron chi connectivity index (χ0n) is 10.9. The van der Waals surface area contributed by atoms with Crippen molar-refractivity contribution >= 4 is 11.9 Å². The molecule has 0 bridgehead atoms. The first-order valence-electron chi connectivity index (χ1n) is 6.13. The highest BCUT2D eigenvalue weighted by molar-refractivity contribution is 6.00. The second-order valence-corrected chi connectivity index (χ2v) is 4.28. The number of hydrogen-bond donors (Lipinski definition) is 2. The van der Waals surface area contributed by atoms with E-state index in [9.17, 15) is 4.79 Å². The first kappa shape index (κ1) is 12.2. The van der Waals surface area contributed by atoms with Crippen LogP contribution in [-0.4, -0.2) is 25.4 Å². The van der Waals surface area contributed by atoms with Crippen LogP contribution in [0.5, 0.6) is 0 Å². The van der Waals surface area contributed by atoms with Crippen LogP contribution in [0.1, 0.15) is 10.6 Å². The van der Waals surface area contributed by atoms with Crippen LogP contribution in [0.2, 0.25) is 0 Å². The average Bonchev–Trinajstić information content (AvgIpc) is 3.11. The molecule has 0 unspecified atom stereocenters. The van der Waals surface area contributed by atoms with E-state index in [0.717, 1.165) is 11.3 Å². The number of carbonyl (C=O) groups is 1. The van der Waals surface area contributed by atoms with Crippen molar-refractivity contribution in [2.24, 2.45) is 7.05 Å². The van der Waals surface area contributed by atoms with E-state index in [1.54, 1.807) is 12.4 Å². The summed E-state index contributed by atoms with van der Waals surface area (Å²) in [6.07, 6.45) is 4.86. The van der Waals surface area contributed by atoms with Gasteiger partial charge in [0, 0.05) is 19.4 Å². The Labute approximate surface area is 115 Å². The third-order valence-corrected chi connectivity index (χ3v) is 3.00. The third-order valence-electron chi connectivity index (χ3n) is 3.00. The highest BCUT2D eigenvalue weighted by Crippen LogP contribution is 2.21. The summed E-state index contributed by atoms with van der Waals surface area (Å²) >= 11 is 0. The third kappa shape index (κ3) is 2.18. The fraction of sp³-hybridized carbons (Fsp3) is 0.0714. The number of carbonyl (C=O) groups excluding carboxylic acids is 1. The topological polar surface area (TPSA) is 75.6 Å². The van der Waals surface area contributed by atoms with Crippen LogP contribution in [0, 0.1) is 0 Å². The molecule has 20 heavy (non-hydrogen) atoms. The van der Waals surface area contributed by atoms with E-state index >= 15 is 0 Å². The van der Waals surface area contributed by atoms with Gasteiger partial charge in [-0.25, -0.2) is 9.97 Å². The summed E-state index contributed by atoms with van der Waals surface area (Å²) in [5.41, 5.74) is 1.97. The van der Waals surface area contributed by atoms with E-state index in [1.807, 2.05) is 41.9 Å². The fourth-order valence-corrected chi connectivity index (χ4v) is 1.95. The Bertz CT molecular complexity index is 715. The maximum absolute atomic E-state index is 11.9. The van der Waals surface area contributed by atoms with E-state index in [1.165, 1.54) is 6.20 Å². The number of benzene rings is 1. The van der Waals surface area contributed by atoms with Crippen LogP contribution in [0.4, 0.5) is 5.95 Å². The fourth-order valence-electron chi connectivity index (χ4n) is 1.95. The second kappa shape index (κ2) is 5.00. The molecule has 6 nitrogen and oxygen atoms in total. The van der Waals surface area contributed by atoms with Gasteiger partial charge in [-0.05, 0) is 5.56 Å². The van der Waals surface area contributed by atoms with Gasteiger partial charge in [0.25, 0.3) is 5.91 Å². The molecule has 1 aromatic carbocycles. The lowest BCUT2D eigenvalue weighted by Crippen LogP contribution is -2.16. The Hall–Kier alpha value is -2.89. The van der Waals surface area contributed by atoms with E-state index < -0.39 is 0 Å². The number of imidazole rings is 2. The monoisotopic (exact) mass is 267 g/mol. The maximum Gasteiger partial charge on any atom is 0.293 e. The summed E-state index contributed by atoms with van der Waals surface area (Å²) in [6, 6.07) is 9.87. The van der Waals surface area contributed by atoms with Gasteiger partial charge in [0.15, 0.2) is 5.82 Å². The number of anilines is 1. The van der Waals surface area contributed by atoms with Gasteiger partial charge >= 0.3 is 0 Å². The molecule has 1 amide bonds. The average molecular weight is 267 g/mol. The lowest BCUT2D eigenvalue weighted by molar-refractivity contribution is 0.101. The molecule has 3 rings (SSSR count). The first-order valence-corrected chi connectivity index (χ1v) is 6.13. The van der Waals surface area contributed by atoms with Crippen molar-refractivity contribution in [1.82, 2.24) is 19.5 Å². The largest absolute Gasteiger partial charge is 0.341 e. The van der Waals surface area contributed by atoms with Crippen molar-refractivity contribution in [3.8, 4) is 11.3 Å². The summed E-state index contributed by atoms with van der Waals surface area (Å²) < 4.78 is 1.83. The molecule has 0 saturated heterocycles. The molecule has 0 saturated carbocycles. The number of nitrogens with zero attached hydrogens (tertiary/aromatic N) is 3. The van der Waals surface area contributed by atoms with Crippen LogP contribution in [0.25, 0.3) is 11.3 Å². The molecule has 3 aromatic rings. The number of aromatic nitrogens is 4. The van der Waals surface area contributed by atoms with E-state index in [-0.39, 0.29) is 11.7 Å². The van der Waals surface area contributed by atoms with Gasteiger partial charge in [-0.2, -0.15) is 0 Å². The minimum Gasteiger partial charge on any atom is -0.341 e. The van der Waals surface area contributed by atoms with Crippen molar-refractivity contribution in [2.75, 3.05) is 5.32 Å². The number of aromatic amines is 1. The lowest BCUT2D eigenvalue weighted by atomic mass is 10.2. The minimum atomic E-state index is -0.316.